The maximum Gasteiger partial charge on any atom is 0.387 e. The van der Waals surface area contributed by atoms with Crippen LogP contribution in [0.3, 0.4) is 0 Å². The first-order chi connectivity index (χ1) is 9.63. The summed E-state index contributed by atoms with van der Waals surface area (Å²) in [5.41, 5.74) is 1.43. The molecule has 6 heteroatoms. The van der Waals surface area contributed by atoms with Crippen LogP contribution in [0.5, 0.6) is 5.75 Å². The second-order valence-electron chi connectivity index (χ2n) is 4.12. The normalized spacial score (nSPS) is 11.2. The van der Waals surface area contributed by atoms with Crippen LogP contribution in [0.4, 0.5) is 13.2 Å². The summed E-state index contributed by atoms with van der Waals surface area (Å²) in [5, 5.41) is 0. The lowest BCUT2D eigenvalue weighted by atomic mass is 10.2. The number of imidazole rings is 1. The number of fused-ring (bicyclic) bond motifs is 1. The Balaban J connectivity index is 2.10. The summed E-state index contributed by atoms with van der Waals surface area (Å²) in [6, 6.07) is 10.4. The largest absolute Gasteiger partial charge is 0.434 e. The van der Waals surface area contributed by atoms with E-state index in [9.17, 15) is 13.2 Å². The van der Waals surface area contributed by atoms with Crippen molar-refractivity contribution in [3.63, 3.8) is 0 Å². The van der Waals surface area contributed by atoms with Crippen LogP contribution in [0, 0.1) is 5.82 Å². The van der Waals surface area contributed by atoms with Crippen molar-refractivity contribution >= 4 is 11.0 Å². The van der Waals surface area contributed by atoms with Gasteiger partial charge in [0, 0.05) is 0 Å². The Morgan fingerprint density at radius 1 is 1.10 bits per heavy atom. The molecule has 0 fully saturated rings. The summed E-state index contributed by atoms with van der Waals surface area (Å²) in [7, 11) is 0. The molecule has 102 valence electrons. The second kappa shape index (κ2) is 4.88. The van der Waals surface area contributed by atoms with Gasteiger partial charge in [0.1, 0.15) is 17.4 Å². The van der Waals surface area contributed by atoms with E-state index in [-0.39, 0.29) is 5.75 Å². The number of nitrogens with one attached hydrogen (secondary N) is 1. The molecule has 0 amide bonds. The lowest BCUT2D eigenvalue weighted by Crippen LogP contribution is -2.03. The Bertz CT molecular complexity index is 755. The third kappa shape index (κ3) is 2.32. The maximum atomic E-state index is 13.1. The van der Waals surface area contributed by atoms with Crippen molar-refractivity contribution in [2.45, 2.75) is 6.61 Å². The van der Waals surface area contributed by atoms with Crippen molar-refractivity contribution < 1.29 is 17.9 Å². The van der Waals surface area contributed by atoms with Crippen molar-refractivity contribution in [2.75, 3.05) is 0 Å². The Kier molecular flexibility index (Phi) is 3.06. The van der Waals surface area contributed by atoms with Gasteiger partial charge in [-0.25, -0.2) is 9.37 Å². The number of alkyl halides is 2. The van der Waals surface area contributed by atoms with E-state index in [0.717, 1.165) is 0 Å². The van der Waals surface area contributed by atoms with E-state index in [4.69, 9.17) is 0 Å². The van der Waals surface area contributed by atoms with E-state index in [1.54, 1.807) is 18.2 Å². The highest BCUT2D eigenvalue weighted by Gasteiger charge is 2.13. The van der Waals surface area contributed by atoms with Gasteiger partial charge in [-0.05, 0) is 30.3 Å². The number of aromatic nitrogens is 2. The highest BCUT2D eigenvalue weighted by molar-refractivity contribution is 5.80. The van der Waals surface area contributed by atoms with Gasteiger partial charge >= 0.3 is 6.61 Å². The van der Waals surface area contributed by atoms with E-state index in [1.165, 1.54) is 24.3 Å². The minimum absolute atomic E-state index is 0.0158. The smallest absolute Gasteiger partial charge is 0.387 e. The fraction of sp³-hybridized carbons (Fsp3) is 0.0714. The third-order valence-corrected chi connectivity index (χ3v) is 2.80. The number of rotatable bonds is 3. The summed E-state index contributed by atoms with van der Waals surface area (Å²) >= 11 is 0. The molecule has 20 heavy (non-hydrogen) atoms. The highest BCUT2D eigenvalue weighted by atomic mass is 19.3. The molecule has 0 saturated heterocycles. The Hall–Kier alpha value is -2.50. The topological polar surface area (TPSA) is 37.9 Å². The van der Waals surface area contributed by atoms with E-state index in [1.807, 2.05) is 0 Å². The van der Waals surface area contributed by atoms with Crippen molar-refractivity contribution in [3.8, 4) is 17.1 Å². The molecule has 3 aromatic rings. The van der Waals surface area contributed by atoms with E-state index in [2.05, 4.69) is 14.7 Å². The van der Waals surface area contributed by atoms with Gasteiger partial charge in [0.2, 0.25) is 0 Å². The molecule has 3 nitrogen and oxygen atoms in total. The fourth-order valence-electron chi connectivity index (χ4n) is 1.97. The van der Waals surface area contributed by atoms with Crippen molar-refractivity contribution in [2.24, 2.45) is 0 Å². The second-order valence-corrected chi connectivity index (χ2v) is 4.12. The number of halogens is 3. The lowest BCUT2D eigenvalue weighted by Gasteiger charge is -2.08. The molecular formula is C14H9F3N2O. The van der Waals surface area contributed by atoms with Gasteiger partial charge in [0.15, 0.2) is 0 Å². The van der Waals surface area contributed by atoms with E-state index >= 15 is 0 Å². The van der Waals surface area contributed by atoms with Gasteiger partial charge in [-0.2, -0.15) is 8.78 Å². The molecule has 0 spiro atoms. The highest BCUT2D eigenvalue weighted by Crippen LogP contribution is 2.30. The van der Waals surface area contributed by atoms with Gasteiger partial charge in [-0.3, -0.25) is 0 Å². The Morgan fingerprint density at radius 3 is 2.70 bits per heavy atom. The van der Waals surface area contributed by atoms with Gasteiger partial charge in [-0.1, -0.05) is 12.1 Å². The molecule has 0 atom stereocenters. The zero-order valence-electron chi connectivity index (χ0n) is 10.1. The van der Waals surface area contributed by atoms with Crippen LogP contribution in [0.1, 0.15) is 0 Å². The number of hydrogen-bond donors (Lipinski definition) is 1. The quantitative estimate of drug-likeness (QED) is 0.787. The standard InChI is InChI=1S/C14H9F3N2O/c15-8-5-6-10-11(7-8)19-13(18-10)9-3-1-2-4-12(9)20-14(16)17/h1-7,14H,(H,18,19). The molecule has 2 aromatic carbocycles. The van der Waals surface area contributed by atoms with Gasteiger partial charge in [0.25, 0.3) is 0 Å². The monoisotopic (exact) mass is 278 g/mol. The van der Waals surface area contributed by atoms with Gasteiger partial charge in [0.05, 0.1) is 16.6 Å². The van der Waals surface area contributed by atoms with E-state index < -0.39 is 12.4 Å². The summed E-state index contributed by atoms with van der Waals surface area (Å²) < 4.78 is 42.3. The first-order valence-corrected chi connectivity index (χ1v) is 5.83. The first kappa shape index (κ1) is 12.5. The molecule has 0 unspecified atom stereocenters. The number of nitrogens with zero attached hydrogens (tertiary/aromatic N) is 1. The number of H-pyrrole nitrogens is 1. The predicted molar refractivity (Wildman–Crippen MR) is 68.1 cm³/mol. The summed E-state index contributed by atoms with van der Waals surface area (Å²) in [4.78, 5) is 7.14. The minimum atomic E-state index is -2.92. The number of aromatic amines is 1. The molecular weight excluding hydrogens is 269 g/mol. The average molecular weight is 278 g/mol. The molecule has 0 aliphatic heterocycles. The minimum Gasteiger partial charge on any atom is -0.434 e. The van der Waals surface area contributed by atoms with Gasteiger partial charge in [-0.15, -0.1) is 0 Å². The zero-order valence-corrected chi connectivity index (χ0v) is 10.1. The lowest BCUT2D eigenvalue weighted by molar-refractivity contribution is -0.0494. The van der Waals surface area contributed by atoms with Crippen LogP contribution in [0.15, 0.2) is 42.5 Å². The summed E-state index contributed by atoms with van der Waals surface area (Å²) in [5.74, 6) is -0.0336. The summed E-state index contributed by atoms with van der Waals surface area (Å²) in [6.45, 7) is -2.92. The molecule has 1 heterocycles. The van der Waals surface area contributed by atoms with Crippen LogP contribution in [0.2, 0.25) is 0 Å². The molecule has 0 saturated carbocycles. The molecule has 0 aliphatic carbocycles. The fourth-order valence-corrected chi connectivity index (χ4v) is 1.97. The number of ether oxygens (including phenoxy) is 1. The number of hydrogen-bond acceptors (Lipinski definition) is 2. The van der Waals surface area contributed by atoms with E-state index in [0.29, 0.717) is 22.4 Å². The maximum absolute atomic E-state index is 13.1. The molecule has 1 N–H and O–H groups in total. The van der Waals surface area contributed by atoms with Crippen molar-refractivity contribution in [1.29, 1.82) is 0 Å². The van der Waals surface area contributed by atoms with Crippen molar-refractivity contribution in [1.82, 2.24) is 9.97 Å². The van der Waals surface area contributed by atoms with Crippen LogP contribution in [-0.4, -0.2) is 16.6 Å². The van der Waals surface area contributed by atoms with Crippen LogP contribution in [-0.2, 0) is 0 Å². The molecule has 0 radical (unpaired) electrons. The van der Waals surface area contributed by atoms with Crippen molar-refractivity contribution in [3.05, 3.63) is 48.3 Å². The Morgan fingerprint density at radius 2 is 1.90 bits per heavy atom. The number of para-hydroxylation sites is 1. The zero-order chi connectivity index (χ0) is 14.1. The third-order valence-electron chi connectivity index (χ3n) is 2.80. The molecule has 0 bridgehead atoms. The van der Waals surface area contributed by atoms with Crippen LogP contribution in [0.25, 0.3) is 22.4 Å². The molecule has 1 aromatic heterocycles. The molecule has 3 rings (SSSR count). The summed E-state index contributed by atoms with van der Waals surface area (Å²) in [6.07, 6.45) is 0. The first-order valence-electron chi connectivity index (χ1n) is 5.83. The predicted octanol–water partition coefficient (Wildman–Crippen LogP) is 3.97. The van der Waals surface area contributed by atoms with Crippen LogP contribution >= 0.6 is 0 Å². The van der Waals surface area contributed by atoms with Crippen LogP contribution < -0.4 is 4.74 Å². The SMILES string of the molecule is Fc1ccc2nc(-c3ccccc3OC(F)F)[nH]c2c1. The Labute approximate surface area is 112 Å². The average Bonchev–Trinajstić information content (AvgIpc) is 2.81. The van der Waals surface area contributed by atoms with Gasteiger partial charge < -0.3 is 9.72 Å². The number of benzene rings is 2. The molecule has 0 aliphatic rings.